The molecule has 31 heavy (non-hydrogen) atoms. The van der Waals surface area contributed by atoms with Crippen molar-refractivity contribution in [1.29, 1.82) is 0 Å². The molecule has 2 aromatic carbocycles. The highest BCUT2D eigenvalue weighted by molar-refractivity contribution is 7.68. The van der Waals surface area contributed by atoms with Gasteiger partial charge in [0.15, 0.2) is 5.90 Å². The summed E-state index contributed by atoms with van der Waals surface area (Å²) in [5, 5.41) is 2.43. The summed E-state index contributed by atoms with van der Waals surface area (Å²) >= 11 is 0. The standard InChI is InChI=1S/C27H31NO2P/c1-20(2)27(21(3)4,25-19-29-26(28-25)22-13-11-12-14-22)30-31(23-15-7-5-8-16-23)24-17-9-6-10-18-24/h5-18,20-21,25H,19H2,1-4H3/t25-/m0/s1. The lowest BCUT2D eigenvalue weighted by Gasteiger charge is -2.45. The Kier molecular flexibility index (Phi) is 7.14. The molecule has 5 radical (unpaired) electrons. The van der Waals surface area contributed by atoms with Gasteiger partial charge in [0.05, 0.1) is 14.1 Å². The van der Waals surface area contributed by atoms with Gasteiger partial charge in [-0.2, -0.15) is 0 Å². The molecular weight excluding hydrogens is 401 g/mol. The highest BCUT2D eigenvalue weighted by atomic mass is 31.1. The van der Waals surface area contributed by atoms with E-state index in [0.29, 0.717) is 6.61 Å². The lowest BCUT2D eigenvalue weighted by Crippen LogP contribution is -2.53. The van der Waals surface area contributed by atoms with Crippen LogP contribution in [-0.2, 0) is 9.26 Å². The topological polar surface area (TPSA) is 30.8 Å². The maximum atomic E-state index is 7.26. The van der Waals surface area contributed by atoms with Crippen LogP contribution in [0, 0.1) is 43.4 Å². The average molecular weight is 433 g/mol. The van der Waals surface area contributed by atoms with Gasteiger partial charge < -0.3 is 9.26 Å². The SMILES string of the molecule is CC(C)C(OP(c1ccccc1)c1ccccc1)(C(C)C)[C@@H]1COC([C]2[CH][CH][CH][CH]2)=N1. The summed E-state index contributed by atoms with van der Waals surface area (Å²) in [5.74, 6) is 2.30. The number of aliphatic imine (C=N–C) groups is 1. The molecule has 0 aromatic heterocycles. The van der Waals surface area contributed by atoms with Gasteiger partial charge in [0.2, 0.25) is 0 Å². The predicted octanol–water partition coefficient (Wildman–Crippen LogP) is 5.30. The third kappa shape index (κ3) is 4.59. The molecule has 4 heteroatoms. The van der Waals surface area contributed by atoms with Crippen LogP contribution in [0.3, 0.4) is 0 Å². The van der Waals surface area contributed by atoms with E-state index in [1.807, 2.05) is 12.8 Å². The molecule has 0 amide bonds. The molecule has 1 fully saturated rings. The number of nitrogens with zero attached hydrogens (tertiary/aromatic N) is 1. The van der Waals surface area contributed by atoms with E-state index >= 15 is 0 Å². The minimum Gasteiger partial charge on any atom is -0.478 e. The molecule has 1 atom stereocenters. The number of rotatable bonds is 8. The van der Waals surface area contributed by atoms with Crippen molar-refractivity contribution < 1.29 is 9.26 Å². The Morgan fingerprint density at radius 2 is 1.39 bits per heavy atom. The van der Waals surface area contributed by atoms with E-state index in [2.05, 4.69) is 101 Å². The van der Waals surface area contributed by atoms with Gasteiger partial charge in [0.1, 0.15) is 18.2 Å². The minimum absolute atomic E-state index is 0.0603. The molecule has 3 nitrogen and oxygen atoms in total. The average Bonchev–Trinajstić information content (AvgIpc) is 3.48. The molecule has 1 heterocycles. The van der Waals surface area contributed by atoms with Gasteiger partial charge >= 0.3 is 0 Å². The minimum atomic E-state index is -1.00. The number of benzene rings is 2. The van der Waals surface area contributed by atoms with Crippen LogP contribution in [0.2, 0.25) is 0 Å². The summed E-state index contributed by atoms with van der Waals surface area (Å²) in [6, 6.07) is 21.1. The van der Waals surface area contributed by atoms with Crippen molar-refractivity contribution in [2.45, 2.75) is 39.3 Å². The van der Waals surface area contributed by atoms with Gasteiger partial charge in [-0.15, -0.1) is 0 Å². The molecule has 1 aliphatic carbocycles. The molecule has 1 aliphatic heterocycles. The second-order valence-corrected chi connectivity index (χ2v) is 10.5. The van der Waals surface area contributed by atoms with Gasteiger partial charge in [-0.1, -0.05) is 88.4 Å². The van der Waals surface area contributed by atoms with Crippen molar-refractivity contribution in [3.63, 3.8) is 0 Å². The summed E-state index contributed by atoms with van der Waals surface area (Å²) in [7, 11) is -1.00. The zero-order chi connectivity index (χ0) is 21.8. The van der Waals surface area contributed by atoms with E-state index in [0.717, 1.165) is 11.8 Å². The Balaban J connectivity index is 1.73. The third-order valence-electron chi connectivity index (χ3n) is 6.12. The fourth-order valence-electron chi connectivity index (χ4n) is 4.53. The first-order valence-electron chi connectivity index (χ1n) is 11.0. The van der Waals surface area contributed by atoms with Crippen LogP contribution in [-0.4, -0.2) is 24.1 Å². The van der Waals surface area contributed by atoms with Crippen molar-refractivity contribution in [2.24, 2.45) is 16.8 Å². The Morgan fingerprint density at radius 3 is 1.87 bits per heavy atom. The molecule has 0 bridgehead atoms. The molecule has 161 valence electrons. The lowest BCUT2D eigenvalue weighted by atomic mass is 9.75. The number of ether oxygens (including phenoxy) is 1. The maximum absolute atomic E-state index is 7.26. The van der Waals surface area contributed by atoms with Gasteiger partial charge in [-0.3, -0.25) is 0 Å². The van der Waals surface area contributed by atoms with E-state index < -0.39 is 13.7 Å². The quantitative estimate of drug-likeness (QED) is 0.530. The smallest absolute Gasteiger partial charge is 0.191 e. The van der Waals surface area contributed by atoms with Gasteiger partial charge in [0, 0.05) is 10.6 Å². The summed E-state index contributed by atoms with van der Waals surface area (Å²) in [4.78, 5) is 5.07. The van der Waals surface area contributed by atoms with E-state index in [-0.39, 0.29) is 17.9 Å². The number of hydrogen-bond donors (Lipinski definition) is 0. The van der Waals surface area contributed by atoms with E-state index in [1.165, 1.54) is 10.6 Å². The van der Waals surface area contributed by atoms with Gasteiger partial charge in [-0.25, -0.2) is 4.99 Å². The molecule has 0 unspecified atom stereocenters. The van der Waals surface area contributed by atoms with Crippen LogP contribution in [0.15, 0.2) is 65.7 Å². The summed E-state index contributed by atoms with van der Waals surface area (Å²) in [6.45, 7) is 9.54. The zero-order valence-corrected chi connectivity index (χ0v) is 19.6. The van der Waals surface area contributed by atoms with Crippen molar-refractivity contribution in [2.75, 3.05) is 6.61 Å². The Bertz CT molecular complexity index is 812. The molecular formula is C27H31NO2P. The summed E-state index contributed by atoms with van der Waals surface area (Å²) in [5.41, 5.74) is -0.453. The summed E-state index contributed by atoms with van der Waals surface area (Å²) in [6.07, 6.45) is 8.14. The van der Waals surface area contributed by atoms with E-state index in [9.17, 15) is 0 Å². The molecule has 2 aromatic rings. The Hall–Kier alpha value is -1.70. The first-order valence-corrected chi connectivity index (χ1v) is 12.3. The first-order chi connectivity index (χ1) is 15.0. The molecule has 1 saturated carbocycles. The van der Waals surface area contributed by atoms with Crippen LogP contribution in [0.1, 0.15) is 27.7 Å². The van der Waals surface area contributed by atoms with Crippen LogP contribution in [0.5, 0.6) is 0 Å². The van der Waals surface area contributed by atoms with E-state index in [1.54, 1.807) is 0 Å². The molecule has 0 spiro atoms. The zero-order valence-electron chi connectivity index (χ0n) is 18.7. The maximum Gasteiger partial charge on any atom is 0.191 e. The molecule has 2 aliphatic rings. The Morgan fingerprint density at radius 1 is 0.871 bits per heavy atom. The van der Waals surface area contributed by atoms with Crippen LogP contribution >= 0.6 is 8.15 Å². The second kappa shape index (κ2) is 9.84. The van der Waals surface area contributed by atoms with Crippen LogP contribution in [0.4, 0.5) is 0 Å². The first kappa shape index (κ1) is 22.5. The lowest BCUT2D eigenvalue weighted by molar-refractivity contribution is -0.0368. The van der Waals surface area contributed by atoms with Gasteiger partial charge in [0.25, 0.3) is 0 Å². The largest absolute Gasteiger partial charge is 0.478 e. The predicted molar refractivity (Wildman–Crippen MR) is 130 cm³/mol. The fourth-order valence-corrected chi connectivity index (χ4v) is 6.78. The third-order valence-corrected chi connectivity index (χ3v) is 8.15. The highest BCUT2D eigenvalue weighted by Gasteiger charge is 2.51. The number of hydrogen-bond acceptors (Lipinski definition) is 3. The van der Waals surface area contributed by atoms with E-state index in [4.69, 9.17) is 14.3 Å². The van der Waals surface area contributed by atoms with Crippen molar-refractivity contribution in [3.8, 4) is 0 Å². The molecule has 4 rings (SSSR count). The van der Waals surface area contributed by atoms with Crippen molar-refractivity contribution in [3.05, 3.63) is 92.3 Å². The Labute approximate surface area is 189 Å². The monoisotopic (exact) mass is 432 g/mol. The van der Waals surface area contributed by atoms with Crippen LogP contribution in [0.25, 0.3) is 0 Å². The molecule has 0 N–H and O–H groups in total. The van der Waals surface area contributed by atoms with Crippen LogP contribution < -0.4 is 10.6 Å². The normalized spacial score (nSPS) is 20.0. The van der Waals surface area contributed by atoms with Crippen molar-refractivity contribution in [1.82, 2.24) is 0 Å². The second-order valence-electron chi connectivity index (χ2n) is 8.65. The summed E-state index contributed by atoms with van der Waals surface area (Å²) < 4.78 is 13.3. The molecule has 0 saturated heterocycles. The van der Waals surface area contributed by atoms with Gasteiger partial charge in [-0.05, 0) is 37.5 Å². The highest BCUT2D eigenvalue weighted by Crippen LogP contribution is 2.49. The fraction of sp³-hybridized carbons (Fsp3) is 0.333. The van der Waals surface area contributed by atoms with Crippen molar-refractivity contribution >= 4 is 24.7 Å².